The number of H-pyrrole nitrogens is 2. The fourth-order valence-electron chi connectivity index (χ4n) is 4.08. The Morgan fingerprint density at radius 2 is 1.85 bits per heavy atom. The van der Waals surface area contributed by atoms with Gasteiger partial charge in [0.1, 0.15) is 5.82 Å². The molecule has 0 bridgehead atoms. The van der Waals surface area contributed by atoms with Gasteiger partial charge in [0.15, 0.2) is 5.82 Å². The summed E-state index contributed by atoms with van der Waals surface area (Å²) in [6.07, 6.45) is 4.12. The SMILES string of the molecule is O=C(NCc1nnc2n1CCCCC2)c1ccccc1NS(=O)(=O)c1ccc2[nH]c(=O)[nH]c2c1. The van der Waals surface area contributed by atoms with Gasteiger partial charge in [0, 0.05) is 13.0 Å². The van der Waals surface area contributed by atoms with Crippen LogP contribution in [-0.4, -0.2) is 39.1 Å². The first-order valence-corrected chi connectivity index (χ1v) is 12.4. The van der Waals surface area contributed by atoms with E-state index in [0.717, 1.165) is 38.1 Å². The zero-order valence-electron chi connectivity index (χ0n) is 18.2. The molecule has 4 N–H and O–H groups in total. The fraction of sp³-hybridized carbons (Fsp3) is 0.273. The lowest BCUT2D eigenvalue weighted by molar-refractivity contribution is 0.0950. The summed E-state index contributed by atoms with van der Waals surface area (Å²) in [5, 5.41) is 11.3. The Kier molecular flexibility index (Phi) is 5.65. The van der Waals surface area contributed by atoms with Gasteiger partial charge >= 0.3 is 5.69 Å². The normalized spacial score (nSPS) is 13.9. The van der Waals surface area contributed by atoms with Crippen LogP contribution in [0.4, 0.5) is 5.69 Å². The van der Waals surface area contributed by atoms with Crippen LogP contribution in [0.2, 0.25) is 0 Å². The van der Waals surface area contributed by atoms with E-state index in [1.54, 1.807) is 18.2 Å². The minimum Gasteiger partial charge on any atom is -0.345 e. The van der Waals surface area contributed by atoms with Gasteiger partial charge in [-0.25, -0.2) is 13.2 Å². The number of hydrogen-bond acceptors (Lipinski definition) is 6. The molecule has 12 heteroatoms. The van der Waals surface area contributed by atoms with Crippen LogP contribution in [0.15, 0.2) is 52.2 Å². The smallest absolute Gasteiger partial charge is 0.323 e. The van der Waals surface area contributed by atoms with Crippen LogP contribution < -0.4 is 15.7 Å². The molecule has 0 atom stereocenters. The number of anilines is 1. The molecule has 0 saturated carbocycles. The molecule has 11 nitrogen and oxygen atoms in total. The number of para-hydroxylation sites is 1. The molecule has 0 unspecified atom stereocenters. The number of fused-ring (bicyclic) bond motifs is 2. The first-order chi connectivity index (χ1) is 16.4. The van der Waals surface area contributed by atoms with Crippen LogP contribution in [0.5, 0.6) is 0 Å². The third-order valence-electron chi connectivity index (χ3n) is 5.81. The highest BCUT2D eigenvalue weighted by molar-refractivity contribution is 7.92. The van der Waals surface area contributed by atoms with Crippen molar-refractivity contribution in [3.8, 4) is 0 Å². The zero-order valence-corrected chi connectivity index (χ0v) is 19.0. The summed E-state index contributed by atoms with van der Waals surface area (Å²) in [7, 11) is -4.02. The average Bonchev–Trinajstić information content (AvgIpc) is 3.30. The Hall–Kier alpha value is -3.93. The number of amides is 1. The minimum absolute atomic E-state index is 0.0448. The van der Waals surface area contributed by atoms with E-state index in [2.05, 4.69) is 30.2 Å². The van der Waals surface area contributed by atoms with E-state index in [-0.39, 0.29) is 22.7 Å². The number of carbonyl (C=O) groups is 1. The number of nitrogens with zero attached hydrogens (tertiary/aromatic N) is 3. The van der Waals surface area contributed by atoms with Gasteiger partial charge in [-0.1, -0.05) is 18.6 Å². The molecule has 2 aromatic carbocycles. The van der Waals surface area contributed by atoms with E-state index >= 15 is 0 Å². The van der Waals surface area contributed by atoms with E-state index in [1.165, 1.54) is 24.3 Å². The number of imidazole rings is 1. The third kappa shape index (κ3) is 4.31. The van der Waals surface area contributed by atoms with E-state index in [4.69, 9.17) is 0 Å². The fourth-order valence-corrected chi connectivity index (χ4v) is 5.19. The topological polar surface area (TPSA) is 155 Å². The second kappa shape index (κ2) is 8.78. The molecule has 1 aliphatic heterocycles. The highest BCUT2D eigenvalue weighted by atomic mass is 32.2. The molecular formula is C22H23N7O4S. The average molecular weight is 482 g/mol. The van der Waals surface area contributed by atoms with Gasteiger partial charge in [-0.05, 0) is 43.2 Å². The molecule has 0 saturated heterocycles. The van der Waals surface area contributed by atoms with Crippen molar-refractivity contribution in [1.82, 2.24) is 30.0 Å². The van der Waals surface area contributed by atoms with Crippen LogP contribution in [-0.2, 0) is 29.5 Å². The number of nitrogens with one attached hydrogen (secondary N) is 4. The highest BCUT2D eigenvalue weighted by Crippen LogP contribution is 2.22. The van der Waals surface area contributed by atoms with E-state index < -0.39 is 21.6 Å². The molecule has 0 radical (unpaired) electrons. The molecule has 34 heavy (non-hydrogen) atoms. The highest BCUT2D eigenvalue weighted by Gasteiger charge is 2.20. The van der Waals surface area contributed by atoms with Crippen LogP contribution in [0, 0.1) is 0 Å². The summed E-state index contributed by atoms with van der Waals surface area (Å²) >= 11 is 0. The molecule has 0 fully saturated rings. The number of aryl methyl sites for hydroxylation is 1. The predicted molar refractivity (Wildman–Crippen MR) is 125 cm³/mol. The van der Waals surface area contributed by atoms with Gasteiger partial charge in [0.2, 0.25) is 0 Å². The summed E-state index contributed by atoms with van der Waals surface area (Å²) < 4.78 is 30.5. The third-order valence-corrected chi connectivity index (χ3v) is 7.17. The Bertz CT molecular complexity index is 1530. The maximum absolute atomic E-state index is 13.0. The van der Waals surface area contributed by atoms with Gasteiger partial charge in [-0.2, -0.15) is 0 Å². The lowest BCUT2D eigenvalue weighted by Gasteiger charge is -2.13. The lowest BCUT2D eigenvalue weighted by atomic mass is 10.1. The van der Waals surface area contributed by atoms with E-state index in [1.807, 2.05) is 4.57 Å². The predicted octanol–water partition coefficient (Wildman–Crippen LogP) is 1.90. The van der Waals surface area contributed by atoms with Crippen molar-refractivity contribution in [2.45, 2.75) is 43.7 Å². The van der Waals surface area contributed by atoms with Gasteiger partial charge in [0.05, 0.1) is 33.7 Å². The summed E-state index contributed by atoms with van der Waals surface area (Å²) in [4.78, 5) is 29.5. The standard InChI is InChI=1S/C22H23N7O4S/c30-21(23-13-20-27-26-19-8-2-1-5-11-29(19)20)15-6-3-4-7-16(15)28-34(32,33)14-9-10-17-18(12-14)25-22(31)24-17/h3-4,6-7,9-10,12,28H,1-2,5,8,11,13H2,(H,23,30)(H2,24,25,31). The quantitative estimate of drug-likeness (QED) is 0.330. The number of carbonyl (C=O) groups excluding carboxylic acids is 1. The van der Waals surface area contributed by atoms with Crippen molar-refractivity contribution >= 4 is 32.7 Å². The molecule has 0 spiro atoms. The Balaban J connectivity index is 1.35. The Morgan fingerprint density at radius 3 is 2.74 bits per heavy atom. The van der Waals surface area contributed by atoms with E-state index in [0.29, 0.717) is 16.9 Å². The molecule has 5 rings (SSSR count). The second-order valence-electron chi connectivity index (χ2n) is 8.12. The molecule has 4 aromatic rings. The minimum atomic E-state index is -4.02. The molecule has 1 aliphatic rings. The summed E-state index contributed by atoms with van der Waals surface area (Å²) in [5.41, 5.74) is 0.756. The van der Waals surface area contributed by atoms with Crippen LogP contribution in [0.3, 0.4) is 0 Å². The second-order valence-corrected chi connectivity index (χ2v) is 9.80. The summed E-state index contributed by atoms with van der Waals surface area (Å²) in [6.45, 7) is 1.01. The number of sulfonamides is 1. The summed E-state index contributed by atoms with van der Waals surface area (Å²) in [6, 6.07) is 10.6. The van der Waals surface area contributed by atoms with E-state index in [9.17, 15) is 18.0 Å². The Labute approximate surface area is 194 Å². The number of benzene rings is 2. The van der Waals surface area contributed by atoms with Gasteiger partial charge in [-0.3, -0.25) is 9.52 Å². The molecule has 1 amide bonds. The van der Waals surface area contributed by atoms with Crippen LogP contribution in [0.25, 0.3) is 11.0 Å². The number of aromatic amines is 2. The molecule has 3 heterocycles. The number of rotatable bonds is 6. The van der Waals surface area contributed by atoms with Gasteiger partial charge in [-0.15, -0.1) is 10.2 Å². The zero-order chi connectivity index (χ0) is 23.7. The number of hydrogen-bond donors (Lipinski definition) is 4. The first kappa shape index (κ1) is 21.9. The Morgan fingerprint density at radius 1 is 1.03 bits per heavy atom. The van der Waals surface area contributed by atoms with Crippen LogP contribution in [0.1, 0.15) is 41.3 Å². The lowest BCUT2D eigenvalue weighted by Crippen LogP contribution is -2.26. The van der Waals surface area contributed by atoms with Crippen molar-refractivity contribution in [2.75, 3.05) is 4.72 Å². The molecular weight excluding hydrogens is 458 g/mol. The molecule has 0 aliphatic carbocycles. The van der Waals surface area contributed by atoms with Gasteiger partial charge in [0.25, 0.3) is 15.9 Å². The molecule has 2 aromatic heterocycles. The van der Waals surface area contributed by atoms with Crippen molar-refractivity contribution in [3.63, 3.8) is 0 Å². The number of aromatic nitrogens is 5. The molecule has 176 valence electrons. The first-order valence-electron chi connectivity index (χ1n) is 10.9. The summed E-state index contributed by atoms with van der Waals surface area (Å²) in [5.74, 6) is 1.17. The maximum atomic E-state index is 13.0. The monoisotopic (exact) mass is 481 g/mol. The van der Waals surface area contributed by atoms with Crippen molar-refractivity contribution in [3.05, 3.63) is 70.2 Å². The van der Waals surface area contributed by atoms with Crippen molar-refractivity contribution < 1.29 is 13.2 Å². The van der Waals surface area contributed by atoms with Gasteiger partial charge < -0.3 is 19.9 Å². The maximum Gasteiger partial charge on any atom is 0.323 e. The van der Waals surface area contributed by atoms with Crippen molar-refractivity contribution in [1.29, 1.82) is 0 Å². The largest absolute Gasteiger partial charge is 0.345 e. The van der Waals surface area contributed by atoms with Crippen LogP contribution >= 0.6 is 0 Å². The van der Waals surface area contributed by atoms with Crippen molar-refractivity contribution in [2.24, 2.45) is 0 Å².